The molecule has 0 atom stereocenters. The fourth-order valence-electron chi connectivity index (χ4n) is 1.42. The van der Waals surface area contributed by atoms with E-state index in [0.717, 1.165) is 0 Å². The molecule has 0 saturated carbocycles. The van der Waals surface area contributed by atoms with Crippen LogP contribution in [0.3, 0.4) is 0 Å². The van der Waals surface area contributed by atoms with Crippen LogP contribution in [0.15, 0.2) is 18.5 Å². The number of hydrogen-bond donors (Lipinski definition) is 0. The number of alkyl halides is 1. The van der Waals surface area contributed by atoms with E-state index in [2.05, 4.69) is 15.0 Å². The zero-order chi connectivity index (χ0) is 12.3. The van der Waals surface area contributed by atoms with Crippen LogP contribution in [0.2, 0.25) is 5.28 Å². The Balaban J connectivity index is 2.45. The third kappa shape index (κ3) is 2.50. The van der Waals surface area contributed by atoms with Gasteiger partial charge in [0, 0.05) is 12.4 Å². The predicted octanol–water partition coefficient (Wildman–Crippen LogP) is 2.28. The van der Waals surface area contributed by atoms with Crippen LogP contribution in [0.4, 0.5) is 0 Å². The summed E-state index contributed by atoms with van der Waals surface area (Å²) in [4.78, 5) is 12.3. The minimum absolute atomic E-state index is 0.137. The van der Waals surface area contributed by atoms with Gasteiger partial charge in [0.05, 0.1) is 13.4 Å². The average Bonchev–Trinajstić information content (AvgIpc) is 2.72. The van der Waals surface area contributed by atoms with Crippen LogP contribution < -0.4 is 4.74 Å². The number of ether oxygens (including phenoxy) is 1. The molecule has 0 saturated heterocycles. The van der Waals surface area contributed by atoms with E-state index < -0.39 is 0 Å². The van der Waals surface area contributed by atoms with Crippen LogP contribution >= 0.6 is 23.2 Å². The van der Waals surface area contributed by atoms with E-state index >= 15 is 0 Å². The number of allylic oxidation sites excluding steroid dienone is 2. The quantitative estimate of drug-likeness (QED) is 0.487. The van der Waals surface area contributed by atoms with Crippen molar-refractivity contribution in [1.82, 2.24) is 19.5 Å². The Hall–Kier alpha value is -1.33. The van der Waals surface area contributed by atoms with Crippen molar-refractivity contribution in [2.75, 3.05) is 13.0 Å². The fourth-order valence-corrected chi connectivity index (χ4v) is 1.70. The normalized spacial score (nSPS) is 11.5. The molecule has 0 fully saturated rings. The lowest BCUT2D eigenvalue weighted by Crippen LogP contribution is -1.97. The van der Waals surface area contributed by atoms with E-state index in [4.69, 9.17) is 27.9 Å². The summed E-state index contributed by atoms with van der Waals surface area (Å²) in [5, 5.41) is 0.137. The van der Waals surface area contributed by atoms with Crippen LogP contribution in [0.25, 0.3) is 11.2 Å². The molecule has 0 spiro atoms. The van der Waals surface area contributed by atoms with Gasteiger partial charge in [0.25, 0.3) is 0 Å². The zero-order valence-electron chi connectivity index (χ0n) is 9.10. The third-order valence-corrected chi connectivity index (χ3v) is 2.50. The summed E-state index contributed by atoms with van der Waals surface area (Å²) < 4.78 is 6.94. The third-order valence-electron chi connectivity index (χ3n) is 2.16. The Bertz CT molecular complexity index is 552. The van der Waals surface area contributed by atoms with Crippen LogP contribution in [-0.4, -0.2) is 32.5 Å². The van der Waals surface area contributed by atoms with Gasteiger partial charge in [0.1, 0.15) is 0 Å². The molecule has 0 aliphatic carbocycles. The number of imidazole rings is 1. The van der Waals surface area contributed by atoms with Crippen molar-refractivity contribution in [3.63, 3.8) is 0 Å². The molecule has 7 heteroatoms. The number of rotatable bonds is 4. The van der Waals surface area contributed by atoms with Gasteiger partial charge in [-0.3, -0.25) is 0 Å². The van der Waals surface area contributed by atoms with E-state index in [1.54, 1.807) is 6.33 Å². The van der Waals surface area contributed by atoms with E-state index in [1.807, 2.05) is 16.7 Å². The topological polar surface area (TPSA) is 52.8 Å². The van der Waals surface area contributed by atoms with Crippen molar-refractivity contribution >= 4 is 34.4 Å². The number of halogens is 2. The fraction of sp³-hybridized carbons (Fsp3) is 0.300. The van der Waals surface area contributed by atoms with Gasteiger partial charge in [-0.25, -0.2) is 4.98 Å². The summed E-state index contributed by atoms with van der Waals surface area (Å²) in [6.07, 6.45) is 5.45. The summed E-state index contributed by atoms with van der Waals surface area (Å²) in [7, 11) is 1.52. The predicted molar refractivity (Wildman–Crippen MR) is 66.7 cm³/mol. The number of nitrogens with zero attached hydrogens (tertiary/aromatic N) is 4. The largest absolute Gasteiger partial charge is 0.479 e. The molecule has 2 aromatic rings. The standard InChI is InChI=1S/C10H10Cl2N4O/c1-17-9-7-8(14-10(12)15-9)16(6-13-7)5-3-2-4-11/h2-3,6H,4-5H2,1H3/b3-2+. The van der Waals surface area contributed by atoms with Crippen LogP contribution in [0.1, 0.15) is 0 Å². The van der Waals surface area contributed by atoms with Crippen LogP contribution in [-0.2, 0) is 6.54 Å². The van der Waals surface area contributed by atoms with Gasteiger partial charge in [-0.1, -0.05) is 12.2 Å². The SMILES string of the molecule is COc1nc(Cl)nc2c1ncn2C/C=C/CCl. The first-order valence-electron chi connectivity index (χ1n) is 4.89. The molecule has 90 valence electrons. The van der Waals surface area contributed by atoms with Crippen molar-refractivity contribution in [3.8, 4) is 5.88 Å². The monoisotopic (exact) mass is 272 g/mol. The van der Waals surface area contributed by atoms with Crippen molar-refractivity contribution < 1.29 is 4.74 Å². The molecule has 2 rings (SSSR count). The molecule has 0 unspecified atom stereocenters. The Morgan fingerprint density at radius 1 is 1.41 bits per heavy atom. The molecule has 0 N–H and O–H groups in total. The molecule has 17 heavy (non-hydrogen) atoms. The van der Waals surface area contributed by atoms with E-state index in [1.165, 1.54) is 7.11 Å². The van der Waals surface area contributed by atoms with Gasteiger partial charge in [0.2, 0.25) is 11.2 Å². The highest BCUT2D eigenvalue weighted by molar-refractivity contribution is 6.28. The zero-order valence-corrected chi connectivity index (χ0v) is 10.6. The Morgan fingerprint density at radius 3 is 2.94 bits per heavy atom. The highest BCUT2D eigenvalue weighted by atomic mass is 35.5. The first-order chi connectivity index (χ1) is 8.26. The number of fused-ring (bicyclic) bond motifs is 1. The van der Waals surface area contributed by atoms with Gasteiger partial charge < -0.3 is 9.30 Å². The Kier molecular flexibility index (Phi) is 3.81. The highest BCUT2D eigenvalue weighted by Gasteiger charge is 2.11. The lowest BCUT2D eigenvalue weighted by Gasteiger charge is -2.02. The molecule has 0 radical (unpaired) electrons. The summed E-state index contributed by atoms with van der Waals surface area (Å²) in [5.74, 6) is 0.853. The lowest BCUT2D eigenvalue weighted by molar-refractivity contribution is 0.402. The molecule has 0 amide bonds. The van der Waals surface area contributed by atoms with Gasteiger partial charge in [-0.2, -0.15) is 9.97 Å². The molecule has 0 aliphatic rings. The molecule has 2 aromatic heterocycles. The first kappa shape index (κ1) is 12.1. The Labute approximate surface area is 108 Å². The second kappa shape index (κ2) is 5.33. The van der Waals surface area contributed by atoms with E-state index in [9.17, 15) is 0 Å². The maximum atomic E-state index is 5.81. The number of aromatic nitrogens is 4. The average molecular weight is 273 g/mol. The van der Waals surface area contributed by atoms with Crippen molar-refractivity contribution in [3.05, 3.63) is 23.8 Å². The smallest absolute Gasteiger partial charge is 0.246 e. The summed E-state index contributed by atoms with van der Waals surface area (Å²) in [6.45, 7) is 0.625. The molecule has 5 nitrogen and oxygen atoms in total. The second-order valence-electron chi connectivity index (χ2n) is 3.20. The maximum absolute atomic E-state index is 5.81. The minimum Gasteiger partial charge on any atom is -0.479 e. The van der Waals surface area contributed by atoms with Crippen molar-refractivity contribution in [2.24, 2.45) is 0 Å². The van der Waals surface area contributed by atoms with Gasteiger partial charge in [0.15, 0.2) is 11.2 Å². The summed E-state index contributed by atoms with van der Waals surface area (Å²) in [5.41, 5.74) is 1.23. The molecule has 0 aromatic carbocycles. The van der Waals surface area contributed by atoms with Gasteiger partial charge >= 0.3 is 0 Å². The van der Waals surface area contributed by atoms with E-state index in [0.29, 0.717) is 29.5 Å². The van der Waals surface area contributed by atoms with Crippen LogP contribution in [0.5, 0.6) is 5.88 Å². The minimum atomic E-state index is 0.137. The van der Waals surface area contributed by atoms with Gasteiger partial charge in [-0.05, 0) is 11.6 Å². The second-order valence-corrected chi connectivity index (χ2v) is 3.84. The molecule has 0 bridgehead atoms. The van der Waals surface area contributed by atoms with E-state index in [-0.39, 0.29) is 5.28 Å². The van der Waals surface area contributed by atoms with Crippen LogP contribution in [0, 0.1) is 0 Å². The molecule has 0 aliphatic heterocycles. The van der Waals surface area contributed by atoms with Crippen molar-refractivity contribution in [1.29, 1.82) is 0 Å². The number of methoxy groups -OCH3 is 1. The first-order valence-corrected chi connectivity index (χ1v) is 5.81. The summed E-state index contributed by atoms with van der Waals surface area (Å²) in [6, 6.07) is 0. The molecular weight excluding hydrogens is 263 g/mol. The lowest BCUT2D eigenvalue weighted by atomic mass is 10.5. The Morgan fingerprint density at radius 2 is 2.24 bits per heavy atom. The maximum Gasteiger partial charge on any atom is 0.246 e. The molecule has 2 heterocycles. The highest BCUT2D eigenvalue weighted by Crippen LogP contribution is 2.22. The number of hydrogen-bond acceptors (Lipinski definition) is 4. The van der Waals surface area contributed by atoms with Crippen molar-refractivity contribution in [2.45, 2.75) is 6.54 Å². The molecular formula is C10H10Cl2N4O. The summed E-state index contributed by atoms with van der Waals surface area (Å²) >= 11 is 11.4. The van der Waals surface area contributed by atoms with Gasteiger partial charge in [-0.15, -0.1) is 11.6 Å².